The van der Waals surface area contributed by atoms with Gasteiger partial charge in [0, 0.05) is 6.08 Å². The summed E-state index contributed by atoms with van der Waals surface area (Å²) in [5.74, 6) is 0.0873. The second-order valence-corrected chi connectivity index (χ2v) is 4.70. The van der Waals surface area contributed by atoms with E-state index in [1.165, 1.54) is 12.2 Å². The molecular weight excluding hydrogens is 294 g/mol. The molecule has 0 radical (unpaired) electrons. The van der Waals surface area contributed by atoms with Crippen LogP contribution in [-0.2, 0) is 22.7 Å². The van der Waals surface area contributed by atoms with Crippen LogP contribution in [0.5, 0.6) is 5.75 Å². The predicted octanol–water partition coefficient (Wildman–Crippen LogP) is 2.73. The van der Waals surface area contributed by atoms with Crippen LogP contribution in [0.4, 0.5) is 0 Å². The molecule has 23 heavy (non-hydrogen) atoms. The van der Waals surface area contributed by atoms with Gasteiger partial charge in [-0.1, -0.05) is 30.3 Å². The summed E-state index contributed by atoms with van der Waals surface area (Å²) in [5.41, 5.74) is 2.00. The molecule has 120 valence electrons. The molecule has 5 nitrogen and oxygen atoms in total. The maximum Gasteiger partial charge on any atom is 0.330 e. The fourth-order valence-electron chi connectivity index (χ4n) is 1.91. The molecule has 0 aliphatic carbocycles. The SMILES string of the molecule is CCOC(=O)C=Cc1nc(CO)ccc1OCc1ccccc1. The number of hydrogen-bond acceptors (Lipinski definition) is 5. The van der Waals surface area contributed by atoms with Crippen molar-refractivity contribution < 1.29 is 19.4 Å². The number of benzene rings is 1. The van der Waals surface area contributed by atoms with Crippen molar-refractivity contribution in [1.29, 1.82) is 0 Å². The van der Waals surface area contributed by atoms with Gasteiger partial charge in [0.05, 0.1) is 18.9 Å². The van der Waals surface area contributed by atoms with Crippen molar-refractivity contribution in [2.75, 3.05) is 6.61 Å². The van der Waals surface area contributed by atoms with Gasteiger partial charge in [0.2, 0.25) is 0 Å². The molecular formula is C18H19NO4. The number of aliphatic hydroxyl groups excluding tert-OH is 1. The van der Waals surface area contributed by atoms with E-state index in [9.17, 15) is 9.90 Å². The molecule has 2 aromatic rings. The second kappa shape index (κ2) is 8.70. The lowest BCUT2D eigenvalue weighted by Crippen LogP contribution is -2.02. The number of carbonyl (C=O) groups is 1. The highest BCUT2D eigenvalue weighted by molar-refractivity contribution is 5.87. The van der Waals surface area contributed by atoms with Crippen LogP contribution in [-0.4, -0.2) is 22.7 Å². The zero-order chi connectivity index (χ0) is 16.5. The summed E-state index contributed by atoms with van der Waals surface area (Å²) in [6.07, 6.45) is 2.82. The summed E-state index contributed by atoms with van der Waals surface area (Å²) in [5, 5.41) is 9.20. The van der Waals surface area contributed by atoms with Crippen LogP contribution < -0.4 is 4.74 Å². The number of nitrogens with zero attached hydrogens (tertiary/aromatic N) is 1. The molecule has 0 atom stereocenters. The molecule has 0 saturated heterocycles. The molecule has 0 unspecified atom stereocenters. The standard InChI is InChI=1S/C18H19NO4/c1-2-22-18(21)11-9-16-17(10-8-15(12-20)19-16)23-13-14-6-4-3-5-7-14/h3-11,20H,2,12-13H2,1H3. The fourth-order valence-corrected chi connectivity index (χ4v) is 1.91. The summed E-state index contributed by atoms with van der Waals surface area (Å²) in [7, 11) is 0. The summed E-state index contributed by atoms with van der Waals surface area (Å²) in [6, 6.07) is 13.1. The minimum atomic E-state index is -0.447. The maximum absolute atomic E-state index is 11.4. The third-order valence-corrected chi connectivity index (χ3v) is 3.01. The number of ether oxygens (including phenoxy) is 2. The molecule has 0 spiro atoms. The van der Waals surface area contributed by atoms with Crippen molar-refractivity contribution in [3.8, 4) is 5.75 Å². The normalized spacial score (nSPS) is 10.7. The molecule has 1 aromatic carbocycles. The van der Waals surface area contributed by atoms with E-state index < -0.39 is 5.97 Å². The van der Waals surface area contributed by atoms with E-state index in [4.69, 9.17) is 9.47 Å². The molecule has 0 bridgehead atoms. The quantitative estimate of drug-likeness (QED) is 0.629. The molecule has 0 saturated carbocycles. The number of hydrogen-bond donors (Lipinski definition) is 1. The van der Waals surface area contributed by atoms with Gasteiger partial charge in [0.15, 0.2) is 0 Å². The Bertz CT molecular complexity index is 668. The lowest BCUT2D eigenvalue weighted by atomic mass is 10.2. The Hall–Kier alpha value is -2.66. The Morgan fingerprint density at radius 1 is 1.22 bits per heavy atom. The summed E-state index contributed by atoms with van der Waals surface area (Å²) in [6.45, 7) is 2.26. The molecule has 0 aliphatic rings. The van der Waals surface area contributed by atoms with Crippen LogP contribution in [0.1, 0.15) is 23.9 Å². The zero-order valence-electron chi connectivity index (χ0n) is 12.9. The van der Waals surface area contributed by atoms with Crippen molar-refractivity contribution in [3.63, 3.8) is 0 Å². The van der Waals surface area contributed by atoms with Crippen LogP contribution in [0.2, 0.25) is 0 Å². The van der Waals surface area contributed by atoms with Crippen molar-refractivity contribution in [1.82, 2.24) is 4.98 Å². The number of carbonyl (C=O) groups excluding carboxylic acids is 1. The Morgan fingerprint density at radius 2 is 2.00 bits per heavy atom. The first-order chi connectivity index (χ1) is 11.2. The third-order valence-electron chi connectivity index (χ3n) is 3.01. The average Bonchev–Trinajstić information content (AvgIpc) is 2.59. The monoisotopic (exact) mass is 313 g/mol. The number of pyridine rings is 1. The highest BCUT2D eigenvalue weighted by Gasteiger charge is 2.06. The smallest absolute Gasteiger partial charge is 0.330 e. The molecule has 1 heterocycles. The van der Waals surface area contributed by atoms with E-state index in [2.05, 4.69) is 4.98 Å². The number of rotatable bonds is 7. The Kier molecular flexibility index (Phi) is 6.32. The molecule has 5 heteroatoms. The van der Waals surface area contributed by atoms with Crippen LogP contribution in [0.3, 0.4) is 0 Å². The lowest BCUT2D eigenvalue weighted by Gasteiger charge is -2.10. The number of esters is 1. The van der Waals surface area contributed by atoms with Crippen LogP contribution in [0, 0.1) is 0 Å². The van der Waals surface area contributed by atoms with E-state index in [0.717, 1.165) is 5.56 Å². The van der Waals surface area contributed by atoms with Crippen LogP contribution in [0.25, 0.3) is 6.08 Å². The van der Waals surface area contributed by atoms with Gasteiger partial charge in [-0.3, -0.25) is 0 Å². The zero-order valence-corrected chi connectivity index (χ0v) is 12.9. The molecule has 0 amide bonds. The van der Waals surface area contributed by atoms with Gasteiger partial charge in [0.1, 0.15) is 18.1 Å². The first kappa shape index (κ1) is 16.7. The van der Waals surface area contributed by atoms with Crippen molar-refractivity contribution in [2.24, 2.45) is 0 Å². The summed E-state index contributed by atoms with van der Waals surface area (Å²) < 4.78 is 10.6. The van der Waals surface area contributed by atoms with Crippen LogP contribution >= 0.6 is 0 Å². The van der Waals surface area contributed by atoms with Crippen molar-refractivity contribution >= 4 is 12.0 Å². The number of aromatic nitrogens is 1. The van der Waals surface area contributed by atoms with E-state index in [0.29, 0.717) is 30.4 Å². The minimum Gasteiger partial charge on any atom is -0.487 e. The average molecular weight is 313 g/mol. The van der Waals surface area contributed by atoms with Crippen LogP contribution in [0.15, 0.2) is 48.5 Å². The fraction of sp³-hybridized carbons (Fsp3) is 0.222. The Labute approximate surface area is 135 Å². The summed E-state index contributed by atoms with van der Waals surface area (Å²) >= 11 is 0. The van der Waals surface area contributed by atoms with Crippen molar-refractivity contribution in [3.05, 3.63) is 65.5 Å². The summed E-state index contributed by atoms with van der Waals surface area (Å²) in [4.78, 5) is 15.7. The first-order valence-electron chi connectivity index (χ1n) is 7.35. The lowest BCUT2D eigenvalue weighted by molar-refractivity contribution is -0.137. The molecule has 1 N–H and O–H groups in total. The largest absolute Gasteiger partial charge is 0.487 e. The first-order valence-corrected chi connectivity index (χ1v) is 7.35. The van der Waals surface area contributed by atoms with Crippen molar-refractivity contribution in [2.45, 2.75) is 20.1 Å². The molecule has 2 rings (SSSR count). The minimum absolute atomic E-state index is 0.181. The number of aliphatic hydroxyl groups is 1. The molecule has 0 fully saturated rings. The van der Waals surface area contributed by atoms with Gasteiger partial charge in [-0.05, 0) is 30.7 Å². The Balaban J connectivity index is 2.15. The van der Waals surface area contributed by atoms with Gasteiger partial charge >= 0.3 is 5.97 Å². The van der Waals surface area contributed by atoms with E-state index in [1.54, 1.807) is 19.1 Å². The molecule has 0 aliphatic heterocycles. The van der Waals surface area contributed by atoms with Gasteiger partial charge in [-0.25, -0.2) is 9.78 Å². The predicted molar refractivity (Wildman–Crippen MR) is 86.6 cm³/mol. The van der Waals surface area contributed by atoms with E-state index in [-0.39, 0.29) is 6.61 Å². The van der Waals surface area contributed by atoms with E-state index in [1.807, 2.05) is 30.3 Å². The topological polar surface area (TPSA) is 68.7 Å². The van der Waals surface area contributed by atoms with Gasteiger partial charge < -0.3 is 14.6 Å². The maximum atomic E-state index is 11.4. The molecule has 1 aromatic heterocycles. The van der Waals surface area contributed by atoms with Gasteiger partial charge in [0.25, 0.3) is 0 Å². The van der Waals surface area contributed by atoms with Gasteiger partial charge in [-0.15, -0.1) is 0 Å². The van der Waals surface area contributed by atoms with E-state index >= 15 is 0 Å². The third kappa shape index (κ3) is 5.23. The highest BCUT2D eigenvalue weighted by Crippen LogP contribution is 2.20. The highest BCUT2D eigenvalue weighted by atomic mass is 16.5. The van der Waals surface area contributed by atoms with Gasteiger partial charge in [-0.2, -0.15) is 0 Å². The second-order valence-electron chi connectivity index (χ2n) is 4.70. The Morgan fingerprint density at radius 3 is 2.70 bits per heavy atom.